The van der Waals surface area contributed by atoms with Crippen molar-refractivity contribution < 1.29 is 13.5 Å². The monoisotopic (exact) mass is 383 g/mol. The second-order valence-electron chi connectivity index (χ2n) is 6.41. The Kier molecular flexibility index (Phi) is 7.32. The van der Waals surface area contributed by atoms with Crippen molar-refractivity contribution in [2.75, 3.05) is 19.6 Å². The van der Waals surface area contributed by atoms with E-state index in [0.717, 1.165) is 42.9 Å². The molecule has 1 saturated heterocycles. The number of aromatic nitrogens is 1. The number of pyridine rings is 1. The van der Waals surface area contributed by atoms with Crippen LogP contribution < -0.4 is 10.1 Å². The van der Waals surface area contributed by atoms with Crippen molar-refractivity contribution in [3.63, 3.8) is 0 Å². The highest BCUT2D eigenvalue weighted by molar-refractivity contribution is 5.85. The third-order valence-corrected chi connectivity index (χ3v) is 4.56. The quantitative estimate of drug-likeness (QED) is 0.850. The maximum Gasteiger partial charge on any atom is 0.387 e. The fraction of sp³-hybridized carbons (Fsp3) is 0.421. The minimum Gasteiger partial charge on any atom is -0.434 e. The molecule has 1 fully saturated rings. The molecule has 2 heterocycles. The van der Waals surface area contributed by atoms with Gasteiger partial charge in [-0.25, -0.2) is 0 Å². The maximum absolute atomic E-state index is 12.6. The van der Waals surface area contributed by atoms with E-state index in [0.29, 0.717) is 0 Å². The average molecular weight is 384 g/mol. The van der Waals surface area contributed by atoms with Crippen LogP contribution in [0.25, 0.3) is 0 Å². The first-order valence-corrected chi connectivity index (χ1v) is 8.44. The van der Waals surface area contributed by atoms with Gasteiger partial charge in [0.1, 0.15) is 5.75 Å². The van der Waals surface area contributed by atoms with Crippen LogP contribution in [0.5, 0.6) is 5.75 Å². The summed E-state index contributed by atoms with van der Waals surface area (Å²) in [5.74, 6) is 0.282. The van der Waals surface area contributed by atoms with E-state index in [2.05, 4.69) is 19.9 Å². The average Bonchev–Trinajstić information content (AvgIpc) is 2.59. The molecule has 4 nitrogen and oxygen atoms in total. The molecule has 7 heteroatoms. The lowest BCUT2D eigenvalue weighted by Gasteiger charge is -2.36. The van der Waals surface area contributed by atoms with Gasteiger partial charge in [-0.3, -0.25) is 9.88 Å². The number of hydrogen-bond donors (Lipinski definition) is 1. The van der Waals surface area contributed by atoms with Gasteiger partial charge in [-0.05, 0) is 48.2 Å². The number of nitrogens with zero attached hydrogens (tertiary/aromatic N) is 2. The van der Waals surface area contributed by atoms with E-state index in [9.17, 15) is 8.78 Å². The highest BCUT2D eigenvalue weighted by atomic mass is 35.5. The Morgan fingerprint density at radius 2 is 1.88 bits per heavy atom. The number of halogens is 3. The van der Waals surface area contributed by atoms with Crippen molar-refractivity contribution in [2.24, 2.45) is 0 Å². The molecule has 0 radical (unpaired) electrons. The zero-order valence-corrected chi connectivity index (χ0v) is 15.7. The molecule has 0 spiro atoms. The van der Waals surface area contributed by atoms with Gasteiger partial charge in [0.05, 0.1) is 0 Å². The molecule has 1 aliphatic rings. The van der Waals surface area contributed by atoms with Crippen molar-refractivity contribution in [1.82, 2.24) is 15.2 Å². The molecule has 1 atom stereocenters. The molecular weight excluding hydrogens is 360 g/mol. The zero-order valence-electron chi connectivity index (χ0n) is 14.9. The molecule has 142 valence electrons. The Labute approximate surface area is 159 Å². The number of alkyl halides is 2. The lowest BCUT2D eigenvalue weighted by atomic mass is 10.0. The molecule has 1 unspecified atom stereocenters. The van der Waals surface area contributed by atoms with Crippen molar-refractivity contribution in [1.29, 1.82) is 0 Å². The molecule has 1 aliphatic heterocycles. The summed E-state index contributed by atoms with van der Waals surface area (Å²) in [5.41, 5.74) is 3.82. The lowest BCUT2D eigenvalue weighted by Crippen LogP contribution is -2.45. The van der Waals surface area contributed by atoms with Crippen molar-refractivity contribution in [3.8, 4) is 5.75 Å². The minimum atomic E-state index is -2.80. The highest BCUT2D eigenvalue weighted by Gasteiger charge is 2.24. The van der Waals surface area contributed by atoms with Crippen LogP contribution in [0, 0.1) is 13.8 Å². The first-order chi connectivity index (χ1) is 12.0. The number of nitrogens with one attached hydrogen (secondary N) is 1. The molecule has 0 saturated carbocycles. The third-order valence-electron chi connectivity index (χ3n) is 4.56. The third kappa shape index (κ3) is 4.90. The van der Waals surface area contributed by atoms with Gasteiger partial charge in [0.15, 0.2) is 0 Å². The van der Waals surface area contributed by atoms with Crippen LogP contribution in [-0.4, -0.2) is 36.1 Å². The van der Waals surface area contributed by atoms with Crippen molar-refractivity contribution in [2.45, 2.75) is 33.0 Å². The second-order valence-corrected chi connectivity index (χ2v) is 6.41. The standard InChI is InChI=1S/C19H23F2N3O.ClH/c1-13-9-15(10-14(2)18(13)25-19(20)21)12-24-8-7-23-11-17(24)16-3-5-22-6-4-16;/h3-6,9-10,17,19,23H,7-8,11-12H2,1-2H3;1H. The molecule has 1 aromatic carbocycles. The summed E-state index contributed by atoms with van der Waals surface area (Å²) in [6, 6.07) is 8.24. The Hall–Kier alpha value is -1.76. The SMILES string of the molecule is Cc1cc(CN2CCNCC2c2ccncc2)cc(C)c1OC(F)F.Cl. The summed E-state index contributed by atoms with van der Waals surface area (Å²) < 4.78 is 29.7. The number of aryl methyl sites for hydroxylation is 2. The molecule has 0 bridgehead atoms. The molecule has 1 N–H and O–H groups in total. The lowest BCUT2D eigenvalue weighted by molar-refractivity contribution is -0.0507. The molecule has 0 aliphatic carbocycles. The van der Waals surface area contributed by atoms with Crippen LogP contribution in [0.3, 0.4) is 0 Å². The van der Waals surface area contributed by atoms with E-state index >= 15 is 0 Å². The number of benzene rings is 1. The molecule has 3 rings (SSSR count). The zero-order chi connectivity index (χ0) is 17.8. The van der Waals surface area contributed by atoms with E-state index in [-0.39, 0.29) is 24.2 Å². The fourth-order valence-corrected chi connectivity index (χ4v) is 3.49. The number of rotatable bonds is 5. The van der Waals surface area contributed by atoms with Gasteiger partial charge in [0.25, 0.3) is 0 Å². The summed E-state index contributed by atoms with van der Waals surface area (Å²) in [5, 5.41) is 3.44. The van der Waals surface area contributed by atoms with Gasteiger partial charge < -0.3 is 10.1 Å². The molecule has 1 aromatic heterocycles. The predicted molar refractivity (Wildman–Crippen MR) is 100 cm³/mol. The Morgan fingerprint density at radius 3 is 2.50 bits per heavy atom. The van der Waals surface area contributed by atoms with Gasteiger partial charge in [-0.1, -0.05) is 12.1 Å². The molecular formula is C19H24ClF2N3O. The number of hydrogen-bond acceptors (Lipinski definition) is 4. The topological polar surface area (TPSA) is 37.4 Å². The van der Waals surface area contributed by atoms with Crippen LogP contribution in [0.15, 0.2) is 36.7 Å². The smallest absolute Gasteiger partial charge is 0.387 e. The van der Waals surface area contributed by atoms with Crippen LogP contribution in [0.1, 0.15) is 28.3 Å². The van der Waals surface area contributed by atoms with E-state index in [1.807, 2.05) is 50.5 Å². The Morgan fingerprint density at radius 1 is 1.23 bits per heavy atom. The largest absolute Gasteiger partial charge is 0.434 e. The summed E-state index contributed by atoms with van der Waals surface area (Å²) in [6.45, 7) is 4.35. The molecule has 0 amide bonds. The second kappa shape index (κ2) is 9.26. The van der Waals surface area contributed by atoms with E-state index in [1.165, 1.54) is 5.56 Å². The summed E-state index contributed by atoms with van der Waals surface area (Å²) in [7, 11) is 0. The van der Waals surface area contributed by atoms with Crippen LogP contribution in [0.2, 0.25) is 0 Å². The summed E-state index contributed by atoms with van der Waals surface area (Å²) in [6.07, 6.45) is 3.62. The van der Waals surface area contributed by atoms with Crippen LogP contribution >= 0.6 is 12.4 Å². The maximum atomic E-state index is 12.6. The van der Waals surface area contributed by atoms with Gasteiger partial charge in [0.2, 0.25) is 0 Å². The summed E-state index contributed by atoms with van der Waals surface area (Å²) in [4.78, 5) is 6.50. The Balaban J connectivity index is 0.00000243. The van der Waals surface area contributed by atoms with E-state index < -0.39 is 6.61 Å². The van der Waals surface area contributed by atoms with Gasteiger partial charge in [0, 0.05) is 44.6 Å². The van der Waals surface area contributed by atoms with Gasteiger partial charge in [-0.2, -0.15) is 8.78 Å². The van der Waals surface area contributed by atoms with E-state index in [4.69, 9.17) is 0 Å². The van der Waals surface area contributed by atoms with E-state index in [1.54, 1.807) is 0 Å². The van der Waals surface area contributed by atoms with Crippen LogP contribution in [0.4, 0.5) is 8.78 Å². The first kappa shape index (κ1) is 20.6. The van der Waals surface area contributed by atoms with Gasteiger partial charge in [-0.15, -0.1) is 12.4 Å². The van der Waals surface area contributed by atoms with Crippen molar-refractivity contribution in [3.05, 3.63) is 58.9 Å². The minimum absolute atomic E-state index is 0. The summed E-state index contributed by atoms with van der Waals surface area (Å²) >= 11 is 0. The normalized spacial score (nSPS) is 17.8. The Bertz CT molecular complexity index is 692. The first-order valence-electron chi connectivity index (χ1n) is 8.44. The fourth-order valence-electron chi connectivity index (χ4n) is 3.49. The number of piperazine rings is 1. The van der Waals surface area contributed by atoms with Crippen LogP contribution in [-0.2, 0) is 6.54 Å². The molecule has 26 heavy (non-hydrogen) atoms. The van der Waals surface area contributed by atoms with Crippen molar-refractivity contribution >= 4 is 12.4 Å². The number of ether oxygens (including phenoxy) is 1. The molecule has 2 aromatic rings. The predicted octanol–water partition coefficient (Wildman–Crippen LogP) is 3.87. The van der Waals surface area contributed by atoms with Gasteiger partial charge >= 0.3 is 6.61 Å². The highest BCUT2D eigenvalue weighted by Crippen LogP contribution is 2.29.